The van der Waals surface area contributed by atoms with E-state index in [1.165, 1.54) is 0 Å². The standard InChI is InChI=1S/2C19H17N.C8H16O4/c2*20-19(16-10-4-1-5-11-16,17-12-6-2-7-13-17)18-14-8-3-9-15-18;1-2-10-5-6-12-8-7-11-4-3-9-1/h2*1-15H,20H2;1-8H2. The maximum Gasteiger partial charge on any atom is 0.0922 e. The summed E-state index contributed by atoms with van der Waals surface area (Å²) in [6, 6.07) is 61.4. The maximum absolute atomic E-state index is 6.86. The number of hydrogen-bond acceptors (Lipinski definition) is 6. The Kier molecular flexibility index (Phi) is 15.3. The van der Waals surface area contributed by atoms with Crippen LogP contribution in [0.1, 0.15) is 33.4 Å². The summed E-state index contributed by atoms with van der Waals surface area (Å²) in [5, 5.41) is 0. The summed E-state index contributed by atoms with van der Waals surface area (Å²) in [6.45, 7) is 5.14. The first-order valence-electron chi connectivity index (χ1n) is 17.9. The van der Waals surface area contributed by atoms with Gasteiger partial charge in [-0.15, -0.1) is 0 Å². The van der Waals surface area contributed by atoms with Crippen molar-refractivity contribution < 1.29 is 18.9 Å². The zero-order valence-electron chi connectivity index (χ0n) is 29.8. The van der Waals surface area contributed by atoms with Gasteiger partial charge in [-0.25, -0.2) is 0 Å². The number of rotatable bonds is 6. The molecule has 0 radical (unpaired) electrons. The fraction of sp³-hybridized carbons (Fsp3) is 0.217. The van der Waals surface area contributed by atoms with Crippen LogP contribution in [0.5, 0.6) is 0 Å². The van der Waals surface area contributed by atoms with E-state index >= 15 is 0 Å². The van der Waals surface area contributed by atoms with Crippen LogP contribution in [0, 0.1) is 0 Å². The van der Waals surface area contributed by atoms with E-state index in [0.29, 0.717) is 52.9 Å². The van der Waals surface area contributed by atoms with Crippen molar-refractivity contribution >= 4 is 0 Å². The molecule has 1 aliphatic heterocycles. The van der Waals surface area contributed by atoms with E-state index in [9.17, 15) is 0 Å². The van der Waals surface area contributed by atoms with Gasteiger partial charge in [0.15, 0.2) is 0 Å². The minimum atomic E-state index is -0.621. The molecule has 6 nitrogen and oxygen atoms in total. The molecule has 268 valence electrons. The lowest BCUT2D eigenvalue weighted by Gasteiger charge is -2.31. The molecule has 4 N–H and O–H groups in total. The lowest BCUT2D eigenvalue weighted by molar-refractivity contribution is -0.0334. The molecule has 1 saturated heterocycles. The lowest BCUT2D eigenvalue weighted by atomic mass is 9.78. The van der Waals surface area contributed by atoms with Gasteiger partial charge in [0.25, 0.3) is 0 Å². The Labute approximate surface area is 309 Å². The molecule has 0 aromatic heterocycles. The van der Waals surface area contributed by atoms with E-state index in [4.69, 9.17) is 30.4 Å². The Bertz CT molecular complexity index is 1430. The normalized spacial score (nSPS) is 14.2. The van der Waals surface area contributed by atoms with Crippen molar-refractivity contribution in [2.45, 2.75) is 11.1 Å². The van der Waals surface area contributed by atoms with Gasteiger partial charge >= 0.3 is 0 Å². The minimum Gasteiger partial charge on any atom is -0.377 e. The van der Waals surface area contributed by atoms with E-state index in [2.05, 4.69) is 72.8 Å². The number of benzene rings is 6. The summed E-state index contributed by atoms with van der Waals surface area (Å²) in [4.78, 5) is 0. The van der Waals surface area contributed by atoms with Crippen molar-refractivity contribution in [2.24, 2.45) is 11.5 Å². The first kappa shape index (κ1) is 38.3. The third kappa shape index (κ3) is 10.6. The van der Waals surface area contributed by atoms with Crippen molar-refractivity contribution in [1.82, 2.24) is 0 Å². The van der Waals surface area contributed by atoms with E-state index in [0.717, 1.165) is 33.4 Å². The number of hydrogen-bond donors (Lipinski definition) is 2. The lowest BCUT2D eigenvalue weighted by Crippen LogP contribution is -2.39. The summed E-state index contributed by atoms with van der Waals surface area (Å²) >= 11 is 0. The molecular weight excluding hydrogens is 645 g/mol. The molecule has 1 heterocycles. The second-order valence-corrected chi connectivity index (χ2v) is 12.3. The van der Waals surface area contributed by atoms with Crippen molar-refractivity contribution in [2.75, 3.05) is 52.9 Å². The molecule has 0 saturated carbocycles. The molecule has 6 heteroatoms. The molecule has 7 rings (SSSR count). The van der Waals surface area contributed by atoms with Crippen LogP contribution >= 0.6 is 0 Å². The summed E-state index contributed by atoms with van der Waals surface area (Å²) in [6.07, 6.45) is 0. The smallest absolute Gasteiger partial charge is 0.0922 e. The van der Waals surface area contributed by atoms with Crippen molar-refractivity contribution in [3.05, 3.63) is 215 Å². The monoisotopic (exact) mass is 694 g/mol. The molecule has 6 aromatic rings. The second-order valence-electron chi connectivity index (χ2n) is 12.3. The largest absolute Gasteiger partial charge is 0.377 e. The number of ether oxygens (including phenoxy) is 4. The van der Waals surface area contributed by atoms with Crippen molar-refractivity contribution in [3.8, 4) is 0 Å². The van der Waals surface area contributed by atoms with Crippen LogP contribution in [-0.4, -0.2) is 52.9 Å². The van der Waals surface area contributed by atoms with Crippen LogP contribution in [0.15, 0.2) is 182 Å². The van der Waals surface area contributed by atoms with Gasteiger partial charge in [0.05, 0.1) is 63.9 Å². The van der Waals surface area contributed by atoms with Crippen LogP contribution in [0.4, 0.5) is 0 Å². The zero-order valence-corrected chi connectivity index (χ0v) is 29.8. The van der Waals surface area contributed by atoms with Gasteiger partial charge in [0.1, 0.15) is 0 Å². The quantitative estimate of drug-likeness (QED) is 0.172. The van der Waals surface area contributed by atoms with Crippen molar-refractivity contribution in [3.63, 3.8) is 0 Å². The first-order chi connectivity index (χ1) is 25.6. The Morgan fingerprint density at radius 3 is 0.519 bits per heavy atom. The van der Waals surface area contributed by atoms with Gasteiger partial charge in [-0.2, -0.15) is 0 Å². The zero-order chi connectivity index (χ0) is 36.2. The molecule has 6 aromatic carbocycles. The third-order valence-corrected chi connectivity index (χ3v) is 8.86. The van der Waals surface area contributed by atoms with E-state index < -0.39 is 11.1 Å². The molecule has 0 spiro atoms. The van der Waals surface area contributed by atoms with Gasteiger partial charge < -0.3 is 30.4 Å². The second kappa shape index (κ2) is 20.8. The molecule has 0 aliphatic carbocycles. The molecule has 0 bridgehead atoms. The topological polar surface area (TPSA) is 89.0 Å². The summed E-state index contributed by atoms with van der Waals surface area (Å²) < 4.78 is 20.9. The molecular formula is C46H50N2O4. The third-order valence-electron chi connectivity index (χ3n) is 8.86. The highest BCUT2D eigenvalue weighted by Gasteiger charge is 2.32. The molecule has 0 unspecified atom stereocenters. The van der Waals surface area contributed by atoms with E-state index in [1.54, 1.807) is 0 Å². The SMILES string of the molecule is C1COCCOCCOCCO1.NC(c1ccccc1)(c1ccccc1)c1ccccc1.NC(c1ccccc1)(c1ccccc1)c1ccccc1. The Morgan fingerprint density at radius 1 is 0.250 bits per heavy atom. The summed E-state index contributed by atoms with van der Waals surface area (Å²) in [5.41, 5.74) is 19.1. The van der Waals surface area contributed by atoms with Crippen LogP contribution in [0.25, 0.3) is 0 Å². The average Bonchev–Trinajstić information content (AvgIpc) is 3.23. The van der Waals surface area contributed by atoms with E-state index in [1.807, 2.05) is 109 Å². The highest BCUT2D eigenvalue weighted by molar-refractivity contribution is 5.50. The molecule has 1 aliphatic rings. The highest BCUT2D eigenvalue weighted by Crippen LogP contribution is 2.35. The van der Waals surface area contributed by atoms with Crippen LogP contribution < -0.4 is 11.5 Å². The van der Waals surface area contributed by atoms with E-state index in [-0.39, 0.29) is 0 Å². The van der Waals surface area contributed by atoms with Crippen LogP contribution in [-0.2, 0) is 30.0 Å². The van der Waals surface area contributed by atoms with Gasteiger partial charge in [0, 0.05) is 0 Å². The van der Waals surface area contributed by atoms with Gasteiger partial charge in [-0.1, -0.05) is 182 Å². The van der Waals surface area contributed by atoms with Crippen LogP contribution in [0.2, 0.25) is 0 Å². The molecule has 52 heavy (non-hydrogen) atoms. The molecule has 0 amide bonds. The van der Waals surface area contributed by atoms with Gasteiger partial charge in [-0.05, 0) is 33.4 Å². The Hall–Kier alpha value is -4.92. The maximum atomic E-state index is 6.86. The highest BCUT2D eigenvalue weighted by atomic mass is 16.6. The summed E-state index contributed by atoms with van der Waals surface area (Å²) in [5.74, 6) is 0. The average molecular weight is 695 g/mol. The minimum absolute atomic E-state index is 0.621. The first-order valence-corrected chi connectivity index (χ1v) is 17.9. The van der Waals surface area contributed by atoms with Crippen LogP contribution in [0.3, 0.4) is 0 Å². The fourth-order valence-corrected chi connectivity index (χ4v) is 6.09. The Balaban J connectivity index is 0.000000156. The van der Waals surface area contributed by atoms with Gasteiger partial charge in [-0.3, -0.25) is 0 Å². The fourth-order valence-electron chi connectivity index (χ4n) is 6.09. The van der Waals surface area contributed by atoms with Crippen molar-refractivity contribution in [1.29, 1.82) is 0 Å². The van der Waals surface area contributed by atoms with Gasteiger partial charge in [0.2, 0.25) is 0 Å². The predicted molar refractivity (Wildman–Crippen MR) is 210 cm³/mol. The Morgan fingerprint density at radius 2 is 0.385 bits per heavy atom. The number of nitrogens with two attached hydrogens (primary N) is 2. The summed E-state index contributed by atoms with van der Waals surface area (Å²) in [7, 11) is 0. The molecule has 0 atom stereocenters. The molecule has 1 fully saturated rings. The predicted octanol–water partition coefficient (Wildman–Crippen LogP) is 7.94.